The number of rotatable bonds is 7. The normalized spacial score (nSPS) is 17.5. The molecule has 0 unspecified atom stereocenters. The van der Waals surface area contributed by atoms with Crippen molar-refractivity contribution in [2.45, 2.75) is 37.7 Å². The molecule has 12 heteroatoms. The minimum Gasteiger partial charge on any atom is -0.406 e. The van der Waals surface area contributed by atoms with Crippen molar-refractivity contribution in [3.63, 3.8) is 0 Å². The van der Waals surface area contributed by atoms with E-state index >= 15 is 0 Å². The van der Waals surface area contributed by atoms with Crippen molar-refractivity contribution in [3.8, 4) is 5.75 Å². The third-order valence-corrected chi connectivity index (χ3v) is 6.20. The van der Waals surface area contributed by atoms with Gasteiger partial charge in [0.1, 0.15) is 12.3 Å². The van der Waals surface area contributed by atoms with Crippen molar-refractivity contribution in [3.05, 3.63) is 101 Å². The molecule has 0 bridgehead atoms. The molecule has 0 fully saturated rings. The number of aliphatic hydroxyl groups excluding tert-OH is 1. The Labute approximate surface area is 218 Å². The number of carbonyl (C=O) groups is 2. The number of aliphatic hydroxyl groups is 1. The predicted molar refractivity (Wildman–Crippen MR) is 126 cm³/mol. The highest BCUT2D eigenvalue weighted by Crippen LogP contribution is 2.44. The molecule has 0 spiro atoms. The van der Waals surface area contributed by atoms with E-state index in [9.17, 15) is 41.0 Å². The highest BCUT2D eigenvalue weighted by molar-refractivity contribution is 6.01. The topological polar surface area (TPSA) is 78.9 Å². The number of alkyl halides is 6. The van der Waals surface area contributed by atoms with E-state index in [1.54, 1.807) is 36.4 Å². The quantitative estimate of drug-likeness (QED) is 0.394. The van der Waals surface area contributed by atoms with E-state index in [2.05, 4.69) is 4.74 Å². The molecule has 3 aromatic carbocycles. The van der Waals surface area contributed by atoms with Crippen LogP contribution in [0.4, 0.5) is 26.3 Å². The third kappa shape index (κ3) is 6.69. The molecule has 0 radical (unpaired) electrons. The molecule has 4 rings (SSSR count). The molecule has 1 aliphatic rings. The molecule has 3 aromatic rings. The molecule has 0 saturated carbocycles. The summed E-state index contributed by atoms with van der Waals surface area (Å²) in [4.78, 5) is 28.3. The lowest BCUT2D eigenvalue weighted by Crippen LogP contribution is -2.48. The van der Waals surface area contributed by atoms with Crippen molar-refractivity contribution in [2.24, 2.45) is 0 Å². The summed E-state index contributed by atoms with van der Waals surface area (Å²) in [6.45, 7) is -2.03. The second-order valence-corrected chi connectivity index (χ2v) is 8.87. The fourth-order valence-electron chi connectivity index (χ4n) is 4.53. The molecule has 0 aliphatic carbocycles. The average Bonchev–Trinajstić information content (AvgIpc) is 2.88. The van der Waals surface area contributed by atoms with E-state index in [1.165, 1.54) is 29.2 Å². The van der Waals surface area contributed by atoms with Gasteiger partial charge >= 0.3 is 12.5 Å². The summed E-state index contributed by atoms with van der Waals surface area (Å²) in [6.07, 6.45) is -9.56. The van der Waals surface area contributed by atoms with E-state index in [4.69, 9.17) is 0 Å². The van der Waals surface area contributed by atoms with Gasteiger partial charge in [-0.2, -0.15) is 13.2 Å². The van der Waals surface area contributed by atoms with Crippen molar-refractivity contribution >= 4 is 11.8 Å². The third-order valence-electron chi connectivity index (χ3n) is 6.20. The number of amides is 2. The average molecular weight is 552 g/mol. The second kappa shape index (κ2) is 11.0. The number of nitrogens with zero attached hydrogens (tertiary/aromatic N) is 1. The van der Waals surface area contributed by atoms with E-state index < -0.39 is 48.6 Å². The summed E-state index contributed by atoms with van der Waals surface area (Å²) in [5, 5.41) is 11.3. The van der Waals surface area contributed by atoms with Crippen molar-refractivity contribution in [1.29, 1.82) is 0 Å². The molecule has 206 valence electrons. The number of carbonyl (C=O) groups excluding carboxylic acids is 2. The maximum Gasteiger partial charge on any atom is 0.573 e. The smallest absolute Gasteiger partial charge is 0.406 e. The van der Waals surface area contributed by atoms with Gasteiger partial charge in [-0.3, -0.25) is 9.59 Å². The SMILES string of the molecule is O=C(NCC(F)(F)F)[C@@H]1c2ccccc2C(=O)N(Cc2ccc(OC(F)(F)F)cc2)[C@H]1c1ccc(CO)cc1. The van der Waals surface area contributed by atoms with Crippen LogP contribution in [0.25, 0.3) is 0 Å². The lowest BCUT2D eigenvalue weighted by molar-refractivity contribution is -0.274. The summed E-state index contributed by atoms with van der Waals surface area (Å²) in [5.41, 5.74) is 1.70. The van der Waals surface area contributed by atoms with Crippen LogP contribution in [-0.4, -0.2) is 40.9 Å². The zero-order valence-electron chi connectivity index (χ0n) is 20.1. The zero-order valence-corrected chi connectivity index (χ0v) is 20.1. The maximum atomic E-state index is 13.7. The zero-order chi connectivity index (χ0) is 28.4. The first-order chi connectivity index (χ1) is 18.4. The Bertz CT molecular complexity index is 1320. The Morgan fingerprint density at radius 3 is 2.10 bits per heavy atom. The van der Waals surface area contributed by atoms with Crippen LogP contribution in [0, 0.1) is 0 Å². The molecule has 6 nitrogen and oxygen atoms in total. The molecule has 1 aliphatic heterocycles. The van der Waals surface area contributed by atoms with Crippen molar-refractivity contribution < 1.29 is 45.8 Å². The highest BCUT2D eigenvalue weighted by Gasteiger charge is 2.45. The van der Waals surface area contributed by atoms with Gasteiger partial charge in [-0.1, -0.05) is 54.6 Å². The van der Waals surface area contributed by atoms with Gasteiger partial charge in [-0.15, -0.1) is 13.2 Å². The summed E-state index contributed by atoms with van der Waals surface area (Å²) in [5.74, 6) is -3.18. The van der Waals surface area contributed by atoms with Crippen molar-refractivity contribution in [2.75, 3.05) is 6.54 Å². The number of ether oxygens (including phenoxy) is 1. The highest BCUT2D eigenvalue weighted by atomic mass is 19.4. The minimum atomic E-state index is -4.89. The van der Waals surface area contributed by atoms with Crippen LogP contribution in [0.5, 0.6) is 5.75 Å². The van der Waals surface area contributed by atoms with E-state index in [0.717, 1.165) is 12.1 Å². The molecule has 2 atom stereocenters. The predicted octanol–water partition coefficient (Wildman–Crippen LogP) is 5.24. The Morgan fingerprint density at radius 1 is 0.897 bits per heavy atom. The summed E-state index contributed by atoms with van der Waals surface area (Å²) < 4.78 is 80.4. The van der Waals surface area contributed by atoms with Crippen LogP contribution in [0.3, 0.4) is 0 Å². The first-order valence-electron chi connectivity index (χ1n) is 11.6. The number of hydrogen-bond donors (Lipinski definition) is 2. The van der Waals surface area contributed by atoms with Crippen LogP contribution in [-0.2, 0) is 17.9 Å². The first kappa shape index (κ1) is 28.0. The van der Waals surface area contributed by atoms with Gasteiger partial charge in [0, 0.05) is 12.1 Å². The maximum absolute atomic E-state index is 13.7. The lowest BCUT2D eigenvalue weighted by Gasteiger charge is -2.42. The number of benzene rings is 3. The molecule has 2 N–H and O–H groups in total. The Kier molecular flexibility index (Phi) is 7.86. The monoisotopic (exact) mass is 552 g/mol. The van der Waals surface area contributed by atoms with E-state index in [1.807, 2.05) is 5.32 Å². The molecule has 1 heterocycles. The second-order valence-electron chi connectivity index (χ2n) is 8.87. The fourth-order valence-corrected chi connectivity index (χ4v) is 4.53. The largest absolute Gasteiger partial charge is 0.573 e. The number of nitrogens with one attached hydrogen (secondary N) is 1. The summed E-state index contributed by atoms with van der Waals surface area (Å²) in [6, 6.07) is 16.0. The van der Waals surface area contributed by atoms with Gasteiger partial charge in [0.2, 0.25) is 5.91 Å². The van der Waals surface area contributed by atoms with Gasteiger partial charge in [0.15, 0.2) is 0 Å². The Balaban J connectivity index is 1.77. The van der Waals surface area contributed by atoms with Crippen LogP contribution in [0.1, 0.15) is 44.6 Å². The molecular weight excluding hydrogens is 530 g/mol. The number of fused-ring (bicyclic) bond motifs is 1. The van der Waals surface area contributed by atoms with Gasteiger partial charge < -0.3 is 20.1 Å². The molecule has 0 saturated heterocycles. The van der Waals surface area contributed by atoms with Crippen LogP contribution < -0.4 is 10.1 Å². The summed E-state index contributed by atoms with van der Waals surface area (Å²) >= 11 is 0. The molecule has 39 heavy (non-hydrogen) atoms. The Morgan fingerprint density at radius 2 is 1.51 bits per heavy atom. The van der Waals surface area contributed by atoms with Gasteiger partial charge in [-0.05, 0) is 40.5 Å². The van der Waals surface area contributed by atoms with Gasteiger partial charge in [0.25, 0.3) is 5.91 Å². The van der Waals surface area contributed by atoms with Gasteiger partial charge in [-0.25, -0.2) is 0 Å². The number of halogens is 6. The minimum absolute atomic E-state index is 0.116. The fraction of sp³-hybridized carbons (Fsp3) is 0.259. The van der Waals surface area contributed by atoms with Crippen LogP contribution >= 0.6 is 0 Å². The van der Waals surface area contributed by atoms with Crippen LogP contribution in [0.2, 0.25) is 0 Å². The lowest BCUT2D eigenvalue weighted by atomic mass is 9.78. The Hall–Kier alpha value is -4.06. The molecule has 2 amide bonds. The van der Waals surface area contributed by atoms with E-state index in [0.29, 0.717) is 16.7 Å². The van der Waals surface area contributed by atoms with Crippen molar-refractivity contribution in [1.82, 2.24) is 10.2 Å². The summed E-state index contributed by atoms with van der Waals surface area (Å²) in [7, 11) is 0. The van der Waals surface area contributed by atoms with E-state index in [-0.39, 0.29) is 24.3 Å². The number of hydrogen-bond acceptors (Lipinski definition) is 4. The standard InChI is InChI=1S/C27H22F6N2O4/c28-26(29,30)15-34-24(37)22-20-3-1-2-4-21(20)25(38)35(23(22)18-9-5-17(14-36)6-10-18)13-16-7-11-19(12-8-16)39-27(31,32)33/h1-12,22-23,36H,13-15H2,(H,34,37)/t22-,23+/m1/s1. The van der Waals surface area contributed by atoms with Gasteiger partial charge in [0.05, 0.1) is 18.6 Å². The molecule has 0 aromatic heterocycles. The first-order valence-corrected chi connectivity index (χ1v) is 11.6. The molecular formula is C27H22F6N2O4. The van der Waals surface area contributed by atoms with Crippen LogP contribution in [0.15, 0.2) is 72.8 Å².